The summed E-state index contributed by atoms with van der Waals surface area (Å²) in [5, 5.41) is 29.1. The van der Waals surface area contributed by atoms with Crippen LogP contribution in [0.5, 0.6) is 51.7 Å². The van der Waals surface area contributed by atoms with E-state index in [2.05, 4.69) is 10.6 Å². The lowest BCUT2D eigenvalue weighted by molar-refractivity contribution is 0.300. The molecule has 0 radical (unpaired) electrons. The predicted octanol–water partition coefficient (Wildman–Crippen LogP) is 5.97. The van der Waals surface area contributed by atoms with Gasteiger partial charge in [-0.15, -0.1) is 0 Å². The quantitative estimate of drug-likeness (QED) is 0.203. The minimum absolute atomic E-state index is 0.0531. The lowest BCUT2D eigenvalue weighted by Gasteiger charge is -2.36. The molecule has 7 heterocycles. The van der Waals surface area contributed by atoms with E-state index in [4.69, 9.17) is 18.9 Å². The summed E-state index contributed by atoms with van der Waals surface area (Å²) in [6.45, 7) is 1.57. The molecular weight excluding hydrogens is 520 g/mol. The van der Waals surface area contributed by atoms with Crippen molar-refractivity contribution in [2.75, 3.05) is 20.2 Å². The molecule has 4 aromatic rings. The van der Waals surface area contributed by atoms with Gasteiger partial charge >= 0.3 is 0 Å². The highest BCUT2D eigenvalue weighted by atomic mass is 16.6. The minimum atomic E-state index is -0.103. The minimum Gasteiger partial charge on any atom is -0.504 e. The molecule has 208 valence electrons. The van der Waals surface area contributed by atoms with Gasteiger partial charge in [-0.2, -0.15) is 0 Å². The van der Waals surface area contributed by atoms with Gasteiger partial charge < -0.3 is 39.8 Å². The average Bonchev–Trinajstić information content (AvgIpc) is 2.98. The molecule has 41 heavy (non-hydrogen) atoms. The molecule has 8 heteroatoms. The van der Waals surface area contributed by atoms with Gasteiger partial charge in [-0.3, -0.25) is 0 Å². The molecule has 0 saturated heterocycles. The molecule has 0 aliphatic carbocycles. The molecule has 0 saturated carbocycles. The summed E-state index contributed by atoms with van der Waals surface area (Å²) in [6.07, 6.45) is 2.89. The van der Waals surface area contributed by atoms with Gasteiger partial charge in [-0.05, 0) is 97.4 Å². The van der Waals surface area contributed by atoms with Crippen LogP contribution < -0.4 is 29.6 Å². The van der Waals surface area contributed by atoms with Crippen LogP contribution in [0, 0.1) is 0 Å². The zero-order chi connectivity index (χ0) is 27.7. The molecule has 10 bridgehead atoms. The zero-order valence-electron chi connectivity index (χ0n) is 22.6. The number of benzene rings is 4. The topological polar surface area (TPSA) is 101 Å². The van der Waals surface area contributed by atoms with E-state index in [0.29, 0.717) is 53.1 Å². The number of rotatable bonds is 1. The number of phenolic OH excluding ortho intramolecular Hbond substituents is 2. The van der Waals surface area contributed by atoms with Gasteiger partial charge in [-0.25, -0.2) is 0 Å². The highest BCUT2D eigenvalue weighted by molar-refractivity contribution is 5.71. The van der Waals surface area contributed by atoms with Crippen molar-refractivity contribution in [1.82, 2.24) is 10.6 Å². The maximum atomic E-state index is 11.2. The number of hydrogen-bond acceptors (Lipinski definition) is 8. The summed E-state index contributed by atoms with van der Waals surface area (Å²) in [7, 11) is 1.64. The van der Waals surface area contributed by atoms with Crippen molar-refractivity contribution >= 4 is 0 Å². The van der Waals surface area contributed by atoms with Crippen molar-refractivity contribution in [1.29, 1.82) is 0 Å². The van der Waals surface area contributed by atoms with Crippen LogP contribution in [-0.2, 0) is 25.7 Å². The van der Waals surface area contributed by atoms with E-state index in [1.54, 1.807) is 13.2 Å². The highest BCUT2D eigenvalue weighted by Crippen LogP contribution is 2.59. The second-order valence-corrected chi connectivity index (χ2v) is 11.1. The summed E-state index contributed by atoms with van der Waals surface area (Å²) in [6, 6.07) is 17.1. The van der Waals surface area contributed by atoms with E-state index in [9.17, 15) is 10.2 Å². The van der Waals surface area contributed by atoms with E-state index in [-0.39, 0.29) is 23.6 Å². The Balaban J connectivity index is 1.36. The van der Waals surface area contributed by atoms with Gasteiger partial charge in [0.1, 0.15) is 5.75 Å². The molecule has 8 nitrogen and oxygen atoms in total. The lowest BCUT2D eigenvalue weighted by atomic mass is 9.87. The van der Waals surface area contributed by atoms with E-state index in [1.807, 2.05) is 48.5 Å². The van der Waals surface area contributed by atoms with Crippen molar-refractivity contribution in [3.05, 3.63) is 88.0 Å². The van der Waals surface area contributed by atoms with Gasteiger partial charge in [0.2, 0.25) is 11.5 Å². The second-order valence-electron chi connectivity index (χ2n) is 11.1. The molecular formula is C33H30N2O6. The zero-order valence-corrected chi connectivity index (χ0v) is 22.6. The van der Waals surface area contributed by atoms with Crippen molar-refractivity contribution in [3.8, 4) is 51.7 Å². The molecule has 2 atom stereocenters. The Kier molecular flexibility index (Phi) is 5.55. The number of aromatic hydroxyl groups is 2. The SMILES string of the molecule is COc1cc2c3c4c1Oc1c(c(O)cc5c1[C@H](Cc1ccc(cc1)Oc1cc(ccc1O)C[C@@H]3NCC2)NCC5)O4. The fourth-order valence-corrected chi connectivity index (χ4v) is 6.68. The number of methoxy groups -OCH3 is 1. The van der Waals surface area contributed by atoms with Crippen LogP contribution in [0.1, 0.15) is 45.5 Å². The van der Waals surface area contributed by atoms with Crippen molar-refractivity contribution in [2.24, 2.45) is 0 Å². The van der Waals surface area contributed by atoms with Crippen LogP contribution in [-0.4, -0.2) is 30.4 Å². The Morgan fingerprint density at radius 2 is 1.32 bits per heavy atom. The van der Waals surface area contributed by atoms with Gasteiger partial charge in [0.15, 0.2) is 34.5 Å². The Morgan fingerprint density at radius 3 is 2.05 bits per heavy atom. The third-order valence-electron chi connectivity index (χ3n) is 8.62. The van der Waals surface area contributed by atoms with Gasteiger partial charge in [-0.1, -0.05) is 18.2 Å². The largest absolute Gasteiger partial charge is 0.504 e. The van der Waals surface area contributed by atoms with E-state index < -0.39 is 0 Å². The van der Waals surface area contributed by atoms with Crippen molar-refractivity contribution < 1.29 is 29.2 Å². The summed E-state index contributed by atoms with van der Waals surface area (Å²) >= 11 is 0. The fraction of sp³-hybridized carbons (Fsp3) is 0.273. The lowest BCUT2D eigenvalue weighted by Crippen LogP contribution is -2.33. The number of hydrogen-bond donors (Lipinski definition) is 4. The Bertz CT molecular complexity index is 1700. The number of nitrogens with one attached hydrogen (secondary N) is 2. The first-order chi connectivity index (χ1) is 20.1. The van der Waals surface area contributed by atoms with Crippen LogP contribution in [0.25, 0.3) is 0 Å². The molecule has 7 aliphatic heterocycles. The van der Waals surface area contributed by atoms with E-state index in [1.165, 1.54) is 0 Å². The summed E-state index contributed by atoms with van der Waals surface area (Å²) in [5.41, 5.74) is 6.23. The predicted molar refractivity (Wildman–Crippen MR) is 152 cm³/mol. The van der Waals surface area contributed by atoms with Gasteiger partial charge in [0.25, 0.3) is 0 Å². The third-order valence-corrected chi connectivity index (χ3v) is 8.62. The molecule has 0 fully saturated rings. The molecule has 0 spiro atoms. The molecule has 7 aliphatic rings. The van der Waals surface area contributed by atoms with Crippen LogP contribution in [0.2, 0.25) is 0 Å². The Labute approximate surface area is 237 Å². The van der Waals surface area contributed by atoms with E-state index in [0.717, 1.165) is 59.3 Å². The maximum Gasteiger partial charge on any atom is 0.212 e. The van der Waals surface area contributed by atoms with E-state index >= 15 is 0 Å². The Hall–Kier alpha value is -4.40. The third kappa shape index (κ3) is 3.97. The van der Waals surface area contributed by atoms with Crippen LogP contribution in [0.3, 0.4) is 0 Å². The van der Waals surface area contributed by atoms with Gasteiger partial charge in [0, 0.05) is 23.2 Å². The van der Waals surface area contributed by atoms with Gasteiger partial charge in [0.05, 0.1) is 7.11 Å². The molecule has 0 amide bonds. The van der Waals surface area contributed by atoms with Crippen molar-refractivity contribution in [2.45, 2.75) is 37.8 Å². The first-order valence-corrected chi connectivity index (χ1v) is 14.1. The van der Waals surface area contributed by atoms with Crippen molar-refractivity contribution in [3.63, 3.8) is 0 Å². The molecule has 4 aromatic carbocycles. The fourth-order valence-electron chi connectivity index (χ4n) is 6.68. The molecule has 0 unspecified atom stereocenters. The standard InChI is InChI=1S/C33H30N2O6/c1-38-27-16-20-9-11-35-23-13-18-4-7-24(36)26(14-18)39-21-5-2-17(3-6-21)12-22-28-19(8-10-34-22)15-25(37)30-32(28)41-31(27)33(40-30)29(20)23/h2-7,14-16,22-23,34-37H,8-13H2,1H3/t22-,23-/m0/s1. The van der Waals surface area contributed by atoms with Crippen LogP contribution >= 0.6 is 0 Å². The first-order valence-electron chi connectivity index (χ1n) is 14.1. The highest BCUT2D eigenvalue weighted by Gasteiger charge is 2.38. The summed E-state index contributed by atoms with van der Waals surface area (Å²) in [5.74, 6) is 3.78. The smallest absolute Gasteiger partial charge is 0.212 e. The van der Waals surface area contributed by atoms with Crippen LogP contribution in [0.15, 0.2) is 54.6 Å². The summed E-state index contributed by atoms with van der Waals surface area (Å²) < 4.78 is 25.3. The van der Waals surface area contributed by atoms with Crippen LogP contribution in [0.4, 0.5) is 0 Å². The summed E-state index contributed by atoms with van der Waals surface area (Å²) in [4.78, 5) is 0. The maximum absolute atomic E-state index is 11.2. The normalized spacial score (nSPS) is 19.8. The molecule has 11 rings (SSSR count). The number of phenols is 2. The monoisotopic (exact) mass is 550 g/mol. The average molecular weight is 551 g/mol. The Morgan fingerprint density at radius 1 is 0.683 bits per heavy atom. The molecule has 0 aromatic heterocycles. The molecule has 4 N–H and O–H groups in total. The first kappa shape index (κ1) is 24.4. The second kappa shape index (κ2) is 9.33. The number of ether oxygens (including phenoxy) is 4.